The largest absolute Gasteiger partial charge is 0.508 e. The summed E-state index contributed by atoms with van der Waals surface area (Å²) in [6, 6.07) is 17.9. The first kappa shape index (κ1) is 52.5. The number of amides is 2. The van der Waals surface area contributed by atoms with Crippen LogP contribution in [0.25, 0.3) is 17.1 Å². The Morgan fingerprint density at radius 2 is 1.50 bits per heavy atom. The summed E-state index contributed by atoms with van der Waals surface area (Å²) in [5.41, 5.74) is -2.68. The Bertz CT molecular complexity index is 3370. The zero-order chi connectivity index (χ0) is 54.7. The second-order valence-corrected chi connectivity index (χ2v) is 19.2. The quantitative estimate of drug-likeness (QED) is 0.0543. The van der Waals surface area contributed by atoms with Gasteiger partial charge in [-0.3, -0.25) is 33.3 Å². The van der Waals surface area contributed by atoms with Crippen LogP contribution in [0.2, 0.25) is 0 Å². The first-order valence-electron chi connectivity index (χ1n) is 24.3. The van der Waals surface area contributed by atoms with E-state index < -0.39 is 113 Å². The Hall–Kier alpha value is -8.34. The van der Waals surface area contributed by atoms with Crippen molar-refractivity contribution in [1.82, 2.24) is 25.4 Å². The molecule has 2 heterocycles. The average molecular weight is 1040 g/mol. The number of methoxy groups -OCH3 is 1. The zero-order valence-electron chi connectivity index (χ0n) is 41.7. The molecule has 21 heteroatoms. The van der Waals surface area contributed by atoms with Crippen LogP contribution < -0.4 is 15.4 Å². The number of phenols is 4. The molecule has 9 rings (SSSR count). The predicted octanol–water partition coefficient (Wildman–Crippen LogP) is 4.24. The van der Waals surface area contributed by atoms with Gasteiger partial charge in [0.05, 0.1) is 47.6 Å². The number of phenolic OH excluding ortho intramolecular Hbond substituents is 4. The van der Waals surface area contributed by atoms with E-state index in [-0.39, 0.29) is 92.3 Å². The number of aliphatic hydroxyl groups is 3. The van der Waals surface area contributed by atoms with Gasteiger partial charge in [0.1, 0.15) is 47.1 Å². The summed E-state index contributed by atoms with van der Waals surface area (Å²) in [5, 5.41) is 91.6. The minimum absolute atomic E-state index is 0.0312. The van der Waals surface area contributed by atoms with Gasteiger partial charge < -0.3 is 60.6 Å². The summed E-state index contributed by atoms with van der Waals surface area (Å²) in [6.45, 7) is 6.13. The van der Waals surface area contributed by atoms with Crippen LogP contribution in [-0.4, -0.2) is 136 Å². The number of nitrogens with one attached hydrogen (secondary N) is 2. The summed E-state index contributed by atoms with van der Waals surface area (Å²) in [7, 11) is 1.29. The van der Waals surface area contributed by atoms with Gasteiger partial charge in [0, 0.05) is 70.9 Å². The molecular formula is C55H53N5O16. The van der Waals surface area contributed by atoms with Crippen molar-refractivity contribution in [3.63, 3.8) is 0 Å². The van der Waals surface area contributed by atoms with E-state index in [2.05, 4.69) is 20.8 Å². The van der Waals surface area contributed by atoms with E-state index in [1.54, 1.807) is 25.1 Å². The normalized spacial score (nSPS) is 20.8. The van der Waals surface area contributed by atoms with Crippen molar-refractivity contribution in [3.05, 3.63) is 140 Å². The Balaban J connectivity index is 0.936. The molecule has 0 radical (unpaired) electrons. The molecule has 1 aliphatic heterocycles. The SMILES string of the molecule is CCNC(=O)c1nnc(-c2cc(C(C)C)c(O)cc2O)n1-c1ccc(C(=O)c2ccc(C(=O)NC3CC(OC4C[C@](O)(C(=O)CO)Cc5c(O)c6c(c(O)c54)C(=O)c4c(OC)cccc4C6=O)OC(C)C3O)cc2)cc1. The number of hydrogen-bond donors (Lipinski definition) is 9. The van der Waals surface area contributed by atoms with E-state index in [9.17, 15) is 64.5 Å². The highest BCUT2D eigenvalue weighted by atomic mass is 16.7. The molecule has 1 saturated heterocycles. The van der Waals surface area contributed by atoms with Crippen molar-refractivity contribution in [1.29, 1.82) is 0 Å². The number of carbonyl (C=O) groups is 6. The molecule has 394 valence electrons. The minimum Gasteiger partial charge on any atom is -0.508 e. The fourth-order valence-corrected chi connectivity index (χ4v) is 10.1. The van der Waals surface area contributed by atoms with Gasteiger partial charge in [0.2, 0.25) is 11.6 Å². The van der Waals surface area contributed by atoms with Crippen LogP contribution >= 0.6 is 0 Å². The molecule has 0 spiro atoms. The molecule has 6 aromatic rings. The first-order chi connectivity index (χ1) is 36.2. The van der Waals surface area contributed by atoms with Crippen molar-refractivity contribution in [2.45, 2.75) is 89.1 Å². The Labute approximate surface area is 433 Å². The highest BCUT2D eigenvalue weighted by molar-refractivity contribution is 6.31. The van der Waals surface area contributed by atoms with Crippen molar-refractivity contribution >= 4 is 34.9 Å². The maximum absolute atomic E-state index is 14.1. The Kier molecular flexibility index (Phi) is 14.1. The van der Waals surface area contributed by atoms with Crippen LogP contribution in [0.1, 0.15) is 138 Å². The second kappa shape index (κ2) is 20.4. The molecule has 9 N–H and O–H groups in total. The molecule has 2 amide bonds. The summed E-state index contributed by atoms with van der Waals surface area (Å²) < 4.78 is 19.1. The van der Waals surface area contributed by atoms with Gasteiger partial charge in [0.25, 0.3) is 11.8 Å². The third-order valence-corrected chi connectivity index (χ3v) is 14.1. The number of fused-ring (bicyclic) bond motifs is 3. The lowest BCUT2D eigenvalue weighted by Gasteiger charge is -2.43. The molecule has 0 bridgehead atoms. The minimum atomic E-state index is -2.41. The first-order valence-corrected chi connectivity index (χ1v) is 24.3. The molecule has 3 aliphatic rings. The van der Waals surface area contributed by atoms with Gasteiger partial charge in [-0.2, -0.15) is 0 Å². The van der Waals surface area contributed by atoms with Gasteiger partial charge in [-0.1, -0.05) is 38.1 Å². The molecule has 1 aromatic heterocycles. The summed E-state index contributed by atoms with van der Waals surface area (Å²) in [6.07, 6.45) is -6.77. The molecule has 21 nitrogen and oxygen atoms in total. The zero-order valence-corrected chi connectivity index (χ0v) is 41.7. The number of ketones is 4. The second-order valence-electron chi connectivity index (χ2n) is 19.2. The van der Waals surface area contributed by atoms with E-state index in [0.29, 0.717) is 11.3 Å². The van der Waals surface area contributed by atoms with Gasteiger partial charge in [-0.15, -0.1) is 10.2 Å². The molecular weight excluding hydrogens is 987 g/mol. The van der Waals surface area contributed by atoms with E-state index in [0.717, 1.165) is 0 Å². The van der Waals surface area contributed by atoms with Crippen molar-refractivity contribution in [2.75, 3.05) is 20.3 Å². The highest BCUT2D eigenvalue weighted by Crippen LogP contribution is 2.53. The predicted molar refractivity (Wildman–Crippen MR) is 267 cm³/mol. The lowest BCUT2D eigenvalue weighted by molar-refractivity contribution is -0.249. The number of carbonyl (C=O) groups excluding carboxylic acids is 6. The van der Waals surface area contributed by atoms with Gasteiger partial charge >= 0.3 is 0 Å². The van der Waals surface area contributed by atoms with E-state index in [4.69, 9.17) is 14.2 Å². The molecule has 1 fully saturated rings. The third kappa shape index (κ3) is 9.10. The van der Waals surface area contributed by atoms with Gasteiger partial charge in [0.15, 0.2) is 29.5 Å². The molecule has 5 unspecified atom stereocenters. The summed E-state index contributed by atoms with van der Waals surface area (Å²) >= 11 is 0. The van der Waals surface area contributed by atoms with E-state index in [1.807, 2.05) is 13.8 Å². The van der Waals surface area contributed by atoms with Crippen LogP contribution in [-0.2, 0) is 20.7 Å². The van der Waals surface area contributed by atoms with Crippen LogP contribution in [0.4, 0.5) is 0 Å². The fourth-order valence-electron chi connectivity index (χ4n) is 10.1. The van der Waals surface area contributed by atoms with E-state index in [1.165, 1.54) is 79.3 Å². The maximum Gasteiger partial charge on any atom is 0.289 e. The number of benzene rings is 5. The van der Waals surface area contributed by atoms with Crippen molar-refractivity contribution in [3.8, 4) is 45.8 Å². The topological polar surface area (TPSA) is 326 Å². The average Bonchev–Trinajstić information content (AvgIpc) is 3.92. The number of Topliss-reactive ketones (excluding diaryl/α,β-unsaturated/α-hetero) is 1. The molecule has 2 aliphatic carbocycles. The number of aliphatic hydroxyl groups excluding tert-OH is 2. The lowest BCUT2D eigenvalue weighted by atomic mass is 9.72. The summed E-state index contributed by atoms with van der Waals surface area (Å²) in [4.78, 5) is 81.8. The maximum atomic E-state index is 14.1. The standard InChI is InChI=1S/C55H53N5O16/c1-6-56-54(72)52-59-58-51(32-18-31(24(2)3)35(62)20-36(32)63)60(52)29-16-14-27(15-17-29)46(66)26-10-12-28(13-11-26)53(71)57-34-19-40(75-25(4)45(34)65)76-38-22-55(73,39(64)23-61)21-33-42(38)50(70)44-43(48(33)68)47(67)30-8-7-9-37(74-5)41(30)49(44)69/h7-18,20,24-25,34,38,40,45,61-63,65,68,70,73H,6,19,21-23H2,1-5H3,(H,56,72)(H,57,71)/t25?,34?,38?,40?,45?,55-/m0/s1. The summed E-state index contributed by atoms with van der Waals surface area (Å²) in [5.74, 6) is -6.45. The molecule has 6 atom stereocenters. The van der Waals surface area contributed by atoms with Crippen molar-refractivity contribution in [2.24, 2.45) is 0 Å². The van der Waals surface area contributed by atoms with Gasteiger partial charge in [-0.25, -0.2) is 0 Å². The Morgan fingerprint density at radius 3 is 2.14 bits per heavy atom. The number of rotatable bonds is 14. The fraction of sp³-hybridized carbons (Fsp3) is 0.309. The monoisotopic (exact) mass is 1040 g/mol. The van der Waals surface area contributed by atoms with Crippen molar-refractivity contribution < 1.29 is 78.7 Å². The van der Waals surface area contributed by atoms with Crippen LogP contribution in [0.5, 0.6) is 28.7 Å². The number of ether oxygens (including phenoxy) is 3. The smallest absolute Gasteiger partial charge is 0.289 e. The number of nitrogens with zero attached hydrogens (tertiary/aromatic N) is 3. The molecule has 0 saturated carbocycles. The number of aromatic hydroxyl groups is 4. The van der Waals surface area contributed by atoms with Gasteiger partial charge in [-0.05, 0) is 73.9 Å². The Morgan fingerprint density at radius 1 is 0.842 bits per heavy atom. The lowest BCUT2D eigenvalue weighted by Crippen LogP contribution is -2.55. The third-order valence-electron chi connectivity index (χ3n) is 14.1. The highest BCUT2D eigenvalue weighted by Gasteiger charge is 2.50. The van der Waals surface area contributed by atoms with Crippen LogP contribution in [0.3, 0.4) is 0 Å². The van der Waals surface area contributed by atoms with Crippen LogP contribution in [0, 0.1) is 0 Å². The number of aromatic nitrogens is 3. The number of hydrogen-bond acceptors (Lipinski definition) is 18. The molecule has 76 heavy (non-hydrogen) atoms. The van der Waals surface area contributed by atoms with Crippen LogP contribution in [0.15, 0.2) is 78.9 Å². The van der Waals surface area contributed by atoms with E-state index >= 15 is 0 Å². The molecule has 5 aromatic carbocycles.